The molecule has 0 aromatic heterocycles. The summed E-state index contributed by atoms with van der Waals surface area (Å²) in [7, 11) is -3.90. The maximum atomic E-state index is 11.9. The number of amides is 1. The lowest BCUT2D eigenvalue weighted by molar-refractivity contribution is -0.146. The summed E-state index contributed by atoms with van der Waals surface area (Å²) in [5.74, 6) is -0.591. The second-order valence-electron chi connectivity index (χ2n) is 5.79. The minimum Gasteiger partial charge on any atom is -0.456 e. The summed E-state index contributed by atoms with van der Waals surface area (Å²) in [4.78, 5) is 24.5. The molecule has 2 aromatic carbocycles. The van der Waals surface area contributed by atoms with Crippen LogP contribution in [0.1, 0.15) is 12.0 Å². The number of rotatable bonds is 8. The van der Waals surface area contributed by atoms with Gasteiger partial charge in [0.25, 0.3) is 5.91 Å². The van der Waals surface area contributed by atoms with Crippen LogP contribution in [0.2, 0.25) is 5.02 Å². The van der Waals surface area contributed by atoms with Crippen molar-refractivity contribution >= 4 is 50.9 Å². The van der Waals surface area contributed by atoms with Crippen molar-refractivity contribution in [3.8, 4) is 0 Å². The monoisotopic (exact) mass is 442 g/mol. The van der Waals surface area contributed by atoms with Crippen LogP contribution in [0.15, 0.2) is 52.3 Å². The third-order valence-electron chi connectivity index (χ3n) is 3.53. The number of thioether (sulfide) groups is 1. The molecule has 1 amide bonds. The second kappa shape index (κ2) is 9.92. The van der Waals surface area contributed by atoms with Gasteiger partial charge in [-0.2, -0.15) is 0 Å². The van der Waals surface area contributed by atoms with E-state index in [1.54, 1.807) is 19.1 Å². The number of sulfonamides is 1. The molecular formula is C18H19ClN2O5S2. The molecule has 0 atom stereocenters. The molecule has 10 heteroatoms. The average molecular weight is 443 g/mol. The number of halogens is 1. The van der Waals surface area contributed by atoms with Gasteiger partial charge >= 0.3 is 5.97 Å². The van der Waals surface area contributed by atoms with Gasteiger partial charge in [-0.3, -0.25) is 9.59 Å². The Hall–Kier alpha value is -2.07. The Bertz CT molecular complexity index is 962. The first kappa shape index (κ1) is 22.2. The Kier molecular flexibility index (Phi) is 7.88. The number of primary sulfonamides is 1. The molecule has 0 aliphatic heterocycles. The molecule has 0 bridgehead atoms. The summed E-state index contributed by atoms with van der Waals surface area (Å²) in [6.07, 6.45) is 0.140. The average Bonchev–Trinajstić information content (AvgIpc) is 2.62. The molecule has 0 radical (unpaired) electrons. The van der Waals surface area contributed by atoms with E-state index in [0.717, 1.165) is 4.90 Å². The first-order chi connectivity index (χ1) is 13.1. The lowest BCUT2D eigenvalue weighted by Crippen LogP contribution is -2.21. The fraction of sp³-hybridized carbons (Fsp3) is 0.222. The van der Waals surface area contributed by atoms with E-state index in [-0.39, 0.29) is 17.0 Å². The van der Waals surface area contributed by atoms with Crippen LogP contribution >= 0.6 is 23.4 Å². The standard InChI is InChI=1S/C18H19ClN2O5S2/c1-12-2-5-14(10-16(12)28(20,24)25)21-17(22)11-26-18(23)8-9-27-15-6-3-13(19)4-7-15/h2-7,10H,8-9,11H2,1H3,(H,21,22)(H2,20,24,25). The van der Waals surface area contributed by atoms with Gasteiger partial charge in [0.2, 0.25) is 10.0 Å². The van der Waals surface area contributed by atoms with Crippen molar-refractivity contribution in [2.75, 3.05) is 17.7 Å². The van der Waals surface area contributed by atoms with Gasteiger partial charge in [-0.15, -0.1) is 11.8 Å². The van der Waals surface area contributed by atoms with E-state index in [9.17, 15) is 18.0 Å². The number of carbonyl (C=O) groups is 2. The summed E-state index contributed by atoms with van der Waals surface area (Å²) in [6.45, 7) is 1.12. The van der Waals surface area contributed by atoms with Crippen LogP contribution in [0.3, 0.4) is 0 Å². The molecule has 0 aliphatic rings. The number of anilines is 1. The maximum absolute atomic E-state index is 11.9. The molecule has 150 valence electrons. The smallest absolute Gasteiger partial charge is 0.307 e. The van der Waals surface area contributed by atoms with Crippen LogP contribution in [0.4, 0.5) is 5.69 Å². The molecule has 0 saturated carbocycles. The number of carbonyl (C=O) groups excluding carboxylic acids is 2. The lowest BCUT2D eigenvalue weighted by Gasteiger charge is -2.09. The summed E-state index contributed by atoms with van der Waals surface area (Å²) >= 11 is 7.28. The molecule has 2 rings (SSSR count). The van der Waals surface area contributed by atoms with Gasteiger partial charge in [-0.25, -0.2) is 13.6 Å². The van der Waals surface area contributed by atoms with E-state index < -0.39 is 28.5 Å². The minimum absolute atomic E-state index is 0.0819. The number of hydrogen-bond donors (Lipinski definition) is 2. The normalized spacial score (nSPS) is 11.1. The highest BCUT2D eigenvalue weighted by Gasteiger charge is 2.14. The highest BCUT2D eigenvalue weighted by molar-refractivity contribution is 7.99. The van der Waals surface area contributed by atoms with Crippen molar-refractivity contribution in [3.63, 3.8) is 0 Å². The third kappa shape index (κ3) is 7.16. The third-order valence-corrected chi connectivity index (χ3v) is 5.85. The molecule has 28 heavy (non-hydrogen) atoms. The number of nitrogens with one attached hydrogen (secondary N) is 1. The fourth-order valence-electron chi connectivity index (χ4n) is 2.18. The molecular weight excluding hydrogens is 424 g/mol. The summed E-state index contributed by atoms with van der Waals surface area (Å²) in [5, 5.41) is 8.24. The molecule has 0 aliphatic carbocycles. The predicted molar refractivity (Wildman–Crippen MR) is 109 cm³/mol. The van der Waals surface area contributed by atoms with Crippen molar-refractivity contribution < 1.29 is 22.7 Å². The molecule has 0 saturated heterocycles. The van der Waals surface area contributed by atoms with Gasteiger partial charge in [0, 0.05) is 21.4 Å². The summed E-state index contributed by atoms with van der Waals surface area (Å²) in [6, 6.07) is 11.5. The van der Waals surface area contributed by atoms with E-state index >= 15 is 0 Å². The number of aryl methyl sites for hydroxylation is 1. The fourth-order valence-corrected chi connectivity index (χ4v) is 3.95. The van der Waals surface area contributed by atoms with Crippen molar-refractivity contribution in [1.29, 1.82) is 0 Å². The number of nitrogens with two attached hydrogens (primary N) is 1. The van der Waals surface area contributed by atoms with Crippen molar-refractivity contribution in [2.24, 2.45) is 5.14 Å². The van der Waals surface area contributed by atoms with Crippen LogP contribution in [-0.4, -0.2) is 32.7 Å². The molecule has 2 aromatic rings. The summed E-state index contributed by atoms with van der Waals surface area (Å²) in [5.41, 5.74) is 0.707. The first-order valence-corrected chi connectivity index (χ1v) is 11.0. The molecule has 0 fully saturated rings. The topological polar surface area (TPSA) is 116 Å². The van der Waals surface area contributed by atoms with Gasteiger partial charge in [0.15, 0.2) is 6.61 Å². The van der Waals surface area contributed by atoms with Gasteiger partial charge in [0.05, 0.1) is 11.3 Å². The highest BCUT2D eigenvalue weighted by Crippen LogP contribution is 2.21. The number of benzene rings is 2. The van der Waals surface area contributed by atoms with Crippen molar-refractivity contribution in [3.05, 3.63) is 53.1 Å². The Morgan fingerprint density at radius 3 is 2.50 bits per heavy atom. The molecule has 7 nitrogen and oxygen atoms in total. The molecule has 0 unspecified atom stereocenters. The van der Waals surface area contributed by atoms with Crippen LogP contribution in [0, 0.1) is 6.92 Å². The van der Waals surface area contributed by atoms with E-state index in [2.05, 4.69) is 5.32 Å². The van der Waals surface area contributed by atoms with Crippen LogP contribution in [0.5, 0.6) is 0 Å². The van der Waals surface area contributed by atoms with Crippen molar-refractivity contribution in [1.82, 2.24) is 0 Å². The van der Waals surface area contributed by atoms with Crippen molar-refractivity contribution in [2.45, 2.75) is 23.1 Å². The summed E-state index contributed by atoms with van der Waals surface area (Å²) < 4.78 is 28.0. The van der Waals surface area contributed by atoms with E-state index in [4.69, 9.17) is 21.5 Å². The number of ether oxygens (including phenoxy) is 1. The Labute approximate surface area is 172 Å². The van der Waals surface area contributed by atoms with Gasteiger partial charge in [-0.1, -0.05) is 17.7 Å². The maximum Gasteiger partial charge on any atom is 0.307 e. The molecule has 0 heterocycles. The van der Waals surface area contributed by atoms with Crippen LogP contribution in [0.25, 0.3) is 0 Å². The SMILES string of the molecule is Cc1ccc(NC(=O)COC(=O)CCSc2ccc(Cl)cc2)cc1S(N)(=O)=O. The van der Waals surface area contributed by atoms with Crippen LogP contribution in [-0.2, 0) is 24.3 Å². The van der Waals surface area contributed by atoms with Gasteiger partial charge in [-0.05, 0) is 48.9 Å². The zero-order valence-corrected chi connectivity index (χ0v) is 17.4. The predicted octanol–water partition coefficient (Wildman–Crippen LogP) is 2.96. The molecule has 3 N–H and O–H groups in total. The number of hydrogen-bond acceptors (Lipinski definition) is 6. The largest absolute Gasteiger partial charge is 0.456 e. The van der Waals surface area contributed by atoms with Crippen LogP contribution < -0.4 is 10.5 Å². The Morgan fingerprint density at radius 1 is 1.18 bits per heavy atom. The zero-order chi connectivity index (χ0) is 20.7. The van der Waals surface area contributed by atoms with Gasteiger partial charge < -0.3 is 10.1 Å². The first-order valence-electron chi connectivity index (χ1n) is 8.12. The van der Waals surface area contributed by atoms with Gasteiger partial charge in [0.1, 0.15) is 0 Å². The lowest BCUT2D eigenvalue weighted by atomic mass is 10.2. The Morgan fingerprint density at radius 2 is 1.86 bits per heavy atom. The number of esters is 1. The van der Waals surface area contributed by atoms with E-state index in [1.165, 1.54) is 30.0 Å². The zero-order valence-electron chi connectivity index (χ0n) is 15.0. The van der Waals surface area contributed by atoms with E-state index in [0.29, 0.717) is 16.3 Å². The van der Waals surface area contributed by atoms with E-state index in [1.807, 2.05) is 12.1 Å². The Balaban J connectivity index is 1.77. The quantitative estimate of drug-likeness (QED) is 0.479. The second-order valence-corrected chi connectivity index (χ2v) is 8.92. The highest BCUT2D eigenvalue weighted by atomic mass is 35.5. The molecule has 0 spiro atoms. The minimum atomic E-state index is -3.90.